The summed E-state index contributed by atoms with van der Waals surface area (Å²) in [6, 6.07) is 17.5. The van der Waals surface area contributed by atoms with Crippen LogP contribution in [-0.2, 0) is 19.1 Å². The molecule has 132 valence electrons. The quantitative estimate of drug-likeness (QED) is 0.690. The van der Waals surface area contributed by atoms with E-state index in [0.29, 0.717) is 13.2 Å². The fraction of sp³-hybridized carbons (Fsp3) is 0.300. The number of anilines is 1. The molecule has 0 aromatic heterocycles. The molecule has 0 atom stereocenters. The van der Waals surface area contributed by atoms with Gasteiger partial charge in [0.1, 0.15) is 13.1 Å². The largest absolute Gasteiger partial charge is 0.465 e. The summed E-state index contributed by atoms with van der Waals surface area (Å²) in [5.74, 6) is -0.760. The molecule has 0 bridgehead atoms. The molecule has 5 nitrogen and oxygen atoms in total. The van der Waals surface area contributed by atoms with Gasteiger partial charge in [0.15, 0.2) is 0 Å². The van der Waals surface area contributed by atoms with Crippen LogP contribution in [0.2, 0.25) is 0 Å². The highest BCUT2D eigenvalue weighted by Crippen LogP contribution is 2.30. The highest BCUT2D eigenvalue weighted by molar-refractivity contribution is 5.86. The van der Waals surface area contributed by atoms with E-state index in [1.165, 1.54) is 0 Å². The van der Waals surface area contributed by atoms with Gasteiger partial charge in [0.25, 0.3) is 0 Å². The van der Waals surface area contributed by atoms with Gasteiger partial charge in [0.2, 0.25) is 0 Å². The van der Waals surface area contributed by atoms with Gasteiger partial charge < -0.3 is 14.4 Å². The first-order valence-electron chi connectivity index (χ1n) is 8.36. The Bertz CT molecular complexity index is 680. The minimum absolute atomic E-state index is 0.0174. The van der Waals surface area contributed by atoms with Crippen molar-refractivity contribution < 1.29 is 19.1 Å². The van der Waals surface area contributed by atoms with Crippen molar-refractivity contribution in [3.63, 3.8) is 0 Å². The monoisotopic (exact) mass is 341 g/mol. The summed E-state index contributed by atoms with van der Waals surface area (Å²) in [5, 5.41) is 0. The summed E-state index contributed by atoms with van der Waals surface area (Å²) in [6.45, 7) is 4.07. The minimum atomic E-state index is -0.380. The molecule has 5 heteroatoms. The molecule has 2 rings (SSSR count). The van der Waals surface area contributed by atoms with E-state index in [2.05, 4.69) is 0 Å². The van der Waals surface area contributed by atoms with E-state index in [4.69, 9.17) is 9.47 Å². The smallest absolute Gasteiger partial charge is 0.325 e. The second kappa shape index (κ2) is 9.47. The lowest BCUT2D eigenvalue weighted by atomic mass is 10.0. The third kappa shape index (κ3) is 5.35. The molecule has 0 heterocycles. The van der Waals surface area contributed by atoms with E-state index >= 15 is 0 Å². The van der Waals surface area contributed by atoms with Crippen molar-refractivity contribution in [1.29, 1.82) is 0 Å². The Morgan fingerprint density at radius 2 is 1.32 bits per heavy atom. The minimum Gasteiger partial charge on any atom is -0.465 e. The molecule has 0 saturated carbocycles. The zero-order chi connectivity index (χ0) is 18.1. The molecule has 0 spiro atoms. The molecule has 0 radical (unpaired) electrons. The zero-order valence-electron chi connectivity index (χ0n) is 14.6. The van der Waals surface area contributed by atoms with Crippen LogP contribution in [0.4, 0.5) is 5.69 Å². The molecular formula is C20H23NO4. The first kappa shape index (κ1) is 18.5. The number of benzene rings is 2. The van der Waals surface area contributed by atoms with E-state index in [-0.39, 0.29) is 25.0 Å². The molecule has 0 amide bonds. The Hall–Kier alpha value is -2.82. The Kier molecular flexibility index (Phi) is 7.01. The summed E-state index contributed by atoms with van der Waals surface area (Å²) >= 11 is 0. The standard InChI is InChI=1S/C20H23NO4/c1-3-24-19(22)14-21(15-20(23)25-4-2)18-13-9-8-12-17(18)16-10-6-5-7-11-16/h5-13H,3-4,14-15H2,1-2H3. The molecule has 0 saturated heterocycles. The predicted octanol–water partition coefficient (Wildman–Crippen LogP) is 3.29. The number of carbonyl (C=O) groups excluding carboxylic acids is 2. The summed E-state index contributed by atoms with van der Waals surface area (Å²) in [6.07, 6.45) is 0. The van der Waals surface area contributed by atoms with Crippen molar-refractivity contribution in [2.24, 2.45) is 0 Å². The highest BCUT2D eigenvalue weighted by atomic mass is 16.5. The normalized spacial score (nSPS) is 10.2. The number of carbonyl (C=O) groups is 2. The van der Waals surface area contributed by atoms with Gasteiger partial charge in [0, 0.05) is 11.3 Å². The van der Waals surface area contributed by atoms with Gasteiger partial charge in [-0.05, 0) is 25.5 Å². The average Bonchev–Trinajstić information content (AvgIpc) is 2.62. The topological polar surface area (TPSA) is 55.8 Å². The van der Waals surface area contributed by atoms with E-state index in [9.17, 15) is 9.59 Å². The molecule has 0 aliphatic rings. The molecule has 0 aliphatic carbocycles. The van der Waals surface area contributed by atoms with Crippen LogP contribution in [0, 0.1) is 0 Å². The summed E-state index contributed by atoms with van der Waals surface area (Å²) in [7, 11) is 0. The number of hydrogen-bond acceptors (Lipinski definition) is 5. The van der Waals surface area contributed by atoms with Gasteiger partial charge in [-0.25, -0.2) is 0 Å². The molecule has 0 N–H and O–H groups in total. The van der Waals surface area contributed by atoms with Crippen molar-refractivity contribution in [3.05, 3.63) is 54.6 Å². The van der Waals surface area contributed by atoms with Crippen molar-refractivity contribution in [2.75, 3.05) is 31.2 Å². The van der Waals surface area contributed by atoms with Gasteiger partial charge in [0.05, 0.1) is 13.2 Å². The summed E-state index contributed by atoms with van der Waals surface area (Å²) < 4.78 is 10.1. The first-order valence-corrected chi connectivity index (χ1v) is 8.36. The van der Waals surface area contributed by atoms with Crippen LogP contribution < -0.4 is 4.90 Å². The SMILES string of the molecule is CCOC(=O)CN(CC(=O)OCC)c1ccccc1-c1ccccc1. The Labute approximate surface area is 148 Å². The lowest BCUT2D eigenvalue weighted by Crippen LogP contribution is -2.36. The number of para-hydroxylation sites is 1. The second-order valence-electron chi connectivity index (χ2n) is 5.35. The lowest BCUT2D eigenvalue weighted by Gasteiger charge is -2.25. The van der Waals surface area contributed by atoms with E-state index in [1.54, 1.807) is 18.7 Å². The van der Waals surface area contributed by atoms with Crippen LogP contribution in [-0.4, -0.2) is 38.2 Å². The van der Waals surface area contributed by atoms with Gasteiger partial charge in [-0.3, -0.25) is 9.59 Å². The fourth-order valence-electron chi connectivity index (χ4n) is 2.56. The Morgan fingerprint density at radius 1 is 0.800 bits per heavy atom. The van der Waals surface area contributed by atoms with Crippen LogP contribution in [0.5, 0.6) is 0 Å². The maximum Gasteiger partial charge on any atom is 0.325 e. The second-order valence-corrected chi connectivity index (χ2v) is 5.35. The highest BCUT2D eigenvalue weighted by Gasteiger charge is 2.19. The molecule has 0 fully saturated rings. The van der Waals surface area contributed by atoms with Gasteiger partial charge >= 0.3 is 11.9 Å². The average molecular weight is 341 g/mol. The lowest BCUT2D eigenvalue weighted by molar-refractivity contribution is -0.142. The Balaban J connectivity index is 2.36. The maximum atomic E-state index is 12.0. The van der Waals surface area contributed by atoms with Crippen molar-refractivity contribution >= 4 is 17.6 Å². The number of esters is 2. The summed E-state index contributed by atoms with van der Waals surface area (Å²) in [4.78, 5) is 25.7. The van der Waals surface area contributed by atoms with E-state index in [1.807, 2.05) is 54.6 Å². The van der Waals surface area contributed by atoms with Crippen LogP contribution in [0.15, 0.2) is 54.6 Å². The van der Waals surface area contributed by atoms with Gasteiger partial charge in [-0.15, -0.1) is 0 Å². The number of rotatable bonds is 8. The Morgan fingerprint density at radius 3 is 1.88 bits per heavy atom. The van der Waals surface area contributed by atoms with Crippen LogP contribution in [0.25, 0.3) is 11.1 Å². The van der Waals surface area contributed by atoms with E-state index < -0.39 is 0 Å². The maximum absolute atomic E-state index is 12.0. The van der Waals surface area contributed by atoms with Crippen molar-refractivity contribution in [1.82, 2.24) is 0 Å². The van der Waals surface area contributed by atoms with Crippen molar-refractivity contribution in [2.45, 2.75) is 13.8 Å². The zero-order valence-corrected chi connectivity index (χ0v) is 14.6. The fourth-order valence-corrected chi connectivity index (χ4v) is 2.56. The molecular weight excluding hydrogens is 318 g/mol. The first-order chi connectivity index (χ1) is 12.2. The number of hydrogen-bond donors (Lipinski definition) is 0. The van der Waals surface area contributed by atoms with Gasteiger partial charge in [-0.2, -0.15) is 0 Å². The molecule has 0 aliphatic heterocycles. The van der Waals surface area contributed by atoms with Crippen LogP contribution in [0.3, 0.4) is 0 Å². The predicted molar refractivity (Wildman–Crippen MR) is 97.4 cm³/mol. The number of ether oxygens (including phenoxy) is 2. The van der Waals surface area contributed by atoms with Gasteiger partial charge in [-0.1, -0.05) is 48.5 Å². The van der Waals surface area contributed by atoms with Crippen LogP contribution in [0.1, 0.15) is 13.8 Å². The molecule has 25 heavy (non-hydrogen) atoms. The number of nitrogens with zero attached hydrogens (tertiary/aromatic N) is 1. The molecule has 2 aromatic carbocycles. The van der Waals surface area contributed by atoms with E-state index in [0.717, 1.165) is 16.8 Å². The third-order valence-electron chi connectivity index (χ3n) is 3.58. The van der Waals surface area contributed by atoms with Crippen molar-refractivity contribution in [3.8, 4) is 11.1 Å². The molecule has 0 unspecified atom stereocenters. The van der Waals surface area contributed by atoms with Crippen LogP contribution >= 0.6 is 0 Å². The third-order valence-corrected chi connectivity index (χ3v) is 3.58. The summed E-state index contributed by atoms with van der Waals surface area (Å²) in [5.41, 5.74) is 2.74. The molecule has 2 aromatic rings.